The van der Waals surface area contributed by atoms with Crippen molar-refractivity contribution in [3.05, 3.63) is 48.6 Å². The molecule has 1 rings (SSSR count). The highest BCUT2D eigenvalue weighted by Crippen LogP contribution is 2.14. The first-order valence-electron chi connectivity index (χ1n) is 12.1. The molecule has 0 saturated heterocycles. The molecule has 0 aliphatic heterocycles. The van der Waals surface area contributed by atoms with E-state index in [1.807, 2.05) is 0 Å². The summed E-state index contributed by atoms with van der Waals surface area (Å²) in [4.78, 5) is 0. The zero-order valence-corrected chi connectivity index (χ0v) is 18.1. The highest BCUT2D eigenvalue weighted by molar-refractivity contribution is 5.15. The van der Waals surface area contributed by atoms with Crippen molar-refractivity contribution in [1.82, 2.24) is 0 Å². The standard InChI is InChI=1S/C27H46/c1-2-4-6-8-10-12-14-16-18-20-22-24-26-27-25-23-21-19-17-15-13-11-9-7-5-3-1/h1-8H,9-27H2. The van der Waals surface area contributed by atoms with Crippen molar-refractivity contribution in [3.63, 3.8) is 0 Å². The van der Waals surface area contributed by atoms with E-state index in [1.54, 1.807) is 0 Å². The molecule has 0 spiro atoms. The fourth-order valence-electron chi connectivity index (χ4n) is 3.78. The monoisotopic (exact) mass is 370 g/mol. The molecule has 0 amide bonds. The van der Waals surface area contributed by atoms with E-state index in [1.165, 1.54) is 122 Å². The molecule has 27 heavy (non-hydrogen) atoms. The molecule has 0 N–H and O–H groups in total. The van der Waals surface area contributed by atoms with Gasteiger partial charge < -0.3 is 0 Å². The lowest BCUT2D eigenvalue weighted by atomic mass is 10.0. The SMILES string of the molecule is C1=CC=CCCCCCCCCCCCCCCCCCCCC=CC=C1. The summed E-state index contributed by atoms with van der Waals surface area (Å²) in [5.74, 6) is 0. The first-order chi connectivity index (χ1) is 13.5. The average molecular weight is 371 g/mol. The van der Waals surface area contributed by atoms with Gasteiger partial charge in [0.2, 0.25) is 0 Å². The van der Waals surface area contributed by atoms with Crippen molar-refractivity contribution in [3.8, 4) is 0 Å². The van der Waals surface area contributed by atoms with E-state index in [-0.39, 0.29) is 0 Å². The summed E-state index contributed by atoms with van der Waals surface area (Å²) < 4.78 is 0. The lowest BCUT2D eigenvalue weighted by molar-refractivity contribution is 0.526. The lowest BCUT2D eigenvalue weighted by Crippen LogP contribution is -1.84. The van der Waals surface area contributed by atoms with Crippen molar-refractivity contribution in [2.45, 2.75) is 122 Å². The second kappa shape index (κ2) is 21.3. The number of hydrogen-bond donors (Lipinski definition) is 0. The highest BCUT2D eigenvalue weighted by Gasteiger charge is 1.95. The Bertz CT molecular complexity index is 358. The third-order valence-corrected chi connectivity index (χ3v) is 5.57. The fourth-order valence-corrected chi connectivity index (χ4v) is 3.78. The van der Waals surface area contributed by atoms with E-state index in [2.05, 4.69) is 48.6 Å². The molecule has 0 aromatic heterocycles. The summed E-state index contributed by atoms with van der Waals surface area (Å²) in [7, 11) is 0. The van der Waals surface area contributed by atoms with Gasteiger partial charge in [0.05, 0.1) is 0 Å². The van der Waals surface area contributed by atoms with E-state index in [9.17, 15) is 0 Å². The Kier molecular flexibility index (Phi) is 18.9. The number of allylic oxidation sites excluding steroid dienone is 8. The summed E-state index contributed by atoms with van der Waals surface area (Å²) in [6.07, 6.45) is 44.5. The molecule has 0 radical (unpaired) electrons. The molecule has 0 aromatic rings. The van der Waals surface area contributed by atoms with Crippen LogP contribution in [0.4, 0.5) is 0 Å². The minimum atomic E-state index is 1.23. The normalized spacial score (nSPS) is 21.6. The quantitative estimate of drug-likeness (QED) is 0.398. The summed E-state index contributed by atoms with van der Waals surface area (Å²) >= 11 is 0. The van der Waals surface area contributed by atoms with Crippen LogP contribution in [0.15, 0.2) is 48.6 Å². The van der Waals surface area contributed by atoms with Gasteiger partial charge in [0, 0.05) is 0 Å². The molecule has 0 bridgehead atoms. The molecular formula is C27H46. The van der Waals surface area contributed by atoms with Crippen molar-refractivity contribution >= 4 is 0 Å². The third-order valence-electron chi connectivity index (χ3n) is 5.57. The van der Waals surface area contributed by atoms with Crippen molar-refractivity contribution in [1.29, 1.82) is 0 Å². The molecule has 0 aromatic carbocycles. The minimum Gasteiger partial charge on any atom is -0.0845 e. The fraction of sp³-hybridized carbons (Fsp3) is 0.704. The zero-order chi connectivity index (χ0) is 19.1. The van der Waals surface area contributed by atoms with Crippen LogP contribution in [0.1, 0.15) is 122 Å². The third kappa shape index (κ3) is 19.5. The molecule has 0 heteroatoms. The van der Waals surface area contributed by atoms with Crippen LogP contribution >= 0.6 is 0 Å². The largest absolute Gasteiger partial charge is 0.0845 e. The molecule has 0 unspecified atom stereocenters. The van der Waals surface area contributed by atoms with Crippen LogP contribution in [0.3, 0.4) is 0 Å². The van der Waals surface area contributed by atoms with Crippen molar-refractivity contribution < 1.29 is 0 Å². The molecule has 0 fully saturated rings. The van der Waals surface area contributed by atoms with Gasteiger partial charge in [0.25, 0.3) is 0 Å². The van der Waals surface area contributed by atoms with Crippen molar-refractivity contribution in [2.75, 3.05) is 0 Å². The van der Waals surface area contributed by atoms with Crippen molar-refractivity contribution in [2.24, 2.45) is 0 Å². The van der Waals surface area contributed by atoms with E-state index < -0.39 is 0 Å². The first kappa shape index (κ1) is 24.0. The van der Waals surface area contributed by atoms with E-state index in [0.717, 1.165) is 0 Å². The summed E-state index contributed by atoms with van der Waals surface area (Å²) in [6, 6.07) is 0. The number of hydrogen-bond acceptors (Lipinski definition) is 0. The smallest absolute Gasteiger partial charge is 0.0348 e. The second-order valence-electron chi connectivity index (χ2n) is 8.21. The molecule has 1 aliphatic carbocycles. The van der Waals surface area contributed by atoms with E-state index in [0.29, 0.717) is 0 Å². The van der Waals surface area contributed by atoms with Crippen LogP contribution in [-0.2, 0) is 0 Å². The molecule has 0 saturated carbocycles. The Balaban J connectivity index is 2.17. The number of rotatable bonds is 0. The topological polar surface area (TPSA) is 0 Å². The Morgan fingerprint density at radius 2 is 0.444 bits per heavy atom. The van der Waals surface area contributed by atoms with Gasteiger partial charge in [0.15, 0.2) is 0 Å². The molecule has 0 atom stereocenters. The van der Waals surface area contributed by atoms with Crippen LogP contribution < -0.4 is 0 Å². The maximum Gasteiger partial charge on any atom is -0.0348 e. The predicted molar refractivity (Wildman–Crippen MR) is 124 cm³/mol. The van der Waals surface area contributed by atoms with Gasteiger partial charge in [-0.1, -0.05) is 145 Å². The predicted octanol–water partition coefficient (Wildman–Crippen LogP) is 9.64. The second-order valence-corrected chi connectivity index (χ2v) is 8.21. The van der Waals surface area contributed by atoms with Crippen LogP contribution in [0, 0.1) is 0 Å². The Morgan fingerprint density at radius 1 is 0.222 bits per heavy atom. The Labute approximate surface area is 170 Å². The molecule has 0 nitrogen and oxygen atoms in total. The van der Waals surface area contributed by atoms with Gasteiger partial charge in [0.1, 0.15) is 0 Å². The van der Waals surface area contributed by atoms with Crippen LogP contribution in [0.2, 0.25) is 0 Å². The summed E-state index contributed by atoms with van der Waals surface area (Å²) in [5.41, 5.74) is 0. The van der Waals surface area contributed by atoms with Crippen LogP contribution in [-0.4, -0.2) is 0 Å². The Hall–Kier alpha value is -1.04. The molecule has 1 aliphatic rings. The van der Waals surface area contributed by atoms with Crippen LogP contribution in [0.5, 0.6) is 0 Å². The minimum absolute atomic E-state index is 1.23. The van der Waals surface area contributed by atoms with Gasteiger partial charge in [-0.15, -0.1) is 0 Å². The average Bonchev–Trinajstić information content (AvgIpc) is 2.68. The lowest BCUT2D eigenvalue weighted by Gasteiger charge is -2.03. The first-order valence-corrected chi connectivity index (χ1v) is 12.1. The van der Waals surface area contributed by atoms with E-state index in [4.69, 9.17) is 0 Å². The van der Waals surface area contributed by atoms with Gasteiger partial charge in [-0.3, -0.25) is 0 Å². The summed E-state index contributed by atoms with van der Waals surface area (Å²) in [5, 5.41) is 0. The maximum atomic E-state index is 2.31. The molecule has 154 valence electrons. The maximum absolute atomic E-state index is 2.31. The Morgan fingerprint density at radius 3 is 0.741 bits per heavy atom. The summed E-state index contributed by atoms with van der Waals surface area (Å²) in [6.45, 7) is 0. The highest BCUT2D eigenvalue weighted by atomic mass is 14.0. The van der Waals surface area contributed by atoms with Gasteiger partial charge in [-0.25, -0.2) is 0 Å². The van der Waals surface area contributed by atoms with Gasteiger partial charge in [-0.2, -0.15) is 0 Å². The van der Waals surface area contributed by atoms with Crippen LogP contribution in [0.25, 0.3) is 0 Å². The van der Waals surface area contributed by atoms with Gasteiger partial charge >= 0.3 is 0 Å². The van der Waals surface area contributed by atoms with E-state index >= 15 is 0 Å². The molecular weight excluding hydrogens is 324 g/mol. The van der Waals surface area contributed by atoms with Gasteiger partial charge in [-0.05, 0) is 25.7 Å². The molecule has 0 heterocycles. The zero-order valence-electron chi connectivity index (χ0n) is 18.1.